The van der Waals surface area contributed by atoms with Crippen molar-refractivity contribution in [1.29, 1.82) is 0 Å². The zero-order chi connectivity index (χ0) is 23.4. The van der Waals surface area contributed by atoms with Crippen molar-refractivity contribution in [3.05, 3.63) is 89.2 Å². The summed E-state index contributed by atoms with van der Waals surface area (Å²) in [5.41, 5.74) is 4.06. The van der Waals surface area contributed by atoms with Gasteiger partial charge in [0, 0.05) is 5.92 Å². The summed E-state index contributed by atoms with van der Waals surface area (Å²) in [5.74, 6) is 3.37. The summed E-state index contributed by atoms with van der Waals surface area (Å²) in [7, 11) is 0. The molecule has 1 aliphatic rings. The molecule has 0 fully saturated rings. The third-order valence-electron chi connectivity index (χ3n) is 5.06. The highest BCUT2D eigenvalue weighted by Gasteiger charge is 2.31. The molecule has 4 nitrogen and oxygen atoms in total. The van der Waals surface area contributed by atoms with Gasteiger partial charge in [0.05, 0.1) is 12.1 Å². The second-order valence-corrected chi connectivity index (χ2v) is 7.17. The Kier molecular flexibility index (Phi) is 6.22. The summed E-state index contributed by atoms with van der Waals surface area (Å²) < 4.78 is 59.8. The average molecular weight is 455 g/mol. The van der Waals surface area contributed by atoms with Crippen LogP contribution >= 0.6 is 0 Å². The molecule has 0 radical (unpaired) electrons. The van der Waals surface area contributed by atoms with Gasteiger partial charge in [0.15, 0.2) is 0 Å². The van der Waals surface area contributed by atoms with Crippen LogP contribution < -0.4 is 10.1 Å². The van der Waals surface area contributed by atoms with E-state index in [9.17, 15) is 22.4 Å². The summed E-state index contributed by atoms with van der Waals surface area (Å²) in [5, 5.41) is 2.43. The number of amides is 1. The minimum Gasteiger partial charge on any atom is -0.449 e. The van der Waals surface area contributed by atoms with Gasteiger partial charge in [-0.3, -0.25) is 0 Å². The average Bonchev–Trinajstić information content (AvgIpc) is 3.10. The molecule has 0 aromatic heterocycles. The van der Waals surface area contributed by atoms with Gasteiger partial charge in [0.2, 0.25) is 0 Å². The van der Waals surface area contributed by atoms with E-state index in [1.807, 2.05) is 48.5 Å². The molecule has 1 N–H and O–H groups in total. The number of fused-ring (bicyclic) bond motifs is 3. The molecular formula is C25H17F4NO3. The van der Waals surface area contributed by atoms with Gasteiger partial charge in [-0.25, -0.2) is 9.18 Å². The highest BCUT2D eigenvalue weighted by atomic mass is 19.4. The Morgan fingerprint density at radius 3 is 2.24 bits per heavy atom. The van der Waals surface area contributed by atoms with Crippen molar-refractivity contribution in [2.45, 2.75) is 12.3 Å². The van der Waals surface area contributed by atoms with Crippen LogP contribution in [0.25, 0.3) is 11.1 Å². The van der Waals surface area contributed by atoms with Crippen LogP contribution in [0.1, 0.15) is 22.6 Å². The summed E-state index contributed by atoms with van der Waals surface area (Å²) in [4.78, 5) is 12.1. The fourth-order valence-electron chi connectivity index (χ4n) is 3.70. The quantitative estimate of drug-likeness (QED) is 0.411. The van der Waals surface area contributed by atoms with Gasteiger partial charge < -0.3 is 14.8 Å². The largest absolute Gasteiger partial charge is 0.573 e. The molecule has 0 bridgehead atoms. The number of alkyl halides is 3. The van der Waals surface area contributed by atoms with Gasteiger partial charge >= 0.3 is 12.5 Å². The Bertz CT molecular complexity index is 1200. The molecule has 0 saturated heterocycles. The van der Waals surface area contributed by atoms with Crippen molar-refractivity contribution < 1.29 is 31.8 Å². The number of hydrogen-bond donors (Lipinski definition) is 1. The van der Waals surface area contributed by atoms with Gasteiger partial charge in [-0.1, -0.05) is 60.4 Å². The van der Waals surface area contributed by atoms with Crippen molar-refractivity contribution >= 4 is 6.09 Å². The van der Waals surface area contributed by atoms with Crippen LogP contribution in [0.4, 0.5) is 22.4 Å². The van der Waals surface area contributed by atoms with Crippen molar-refractivity contribution in [2.24, 2.45) is 0 Å². The second kappa shape index (κ2) is 9.25. The smallest absolute Gasteiger partial charge is 0.449 e. The maximum Gasteiger partial charge on any atom is 0.573 e. The molecule has 0 spiro atoms. The van der Waals surface area contributed by atoms with Crippen molar-refractivity contribution in [2.75, 3.05) is 13.2 Å². The number of carbonyl (C=O) groups excluding carboxylic acids is 1. The molecule has 1 amide bonds. The first kappa shape index (κ1) is 22.2. The van der Waals surface area contributed by atoms with E-state index in [4.69, 9.17) is 4.74 Å². The molecule has 0 saturated carbocycles. The molecule has 1 aliphatic carbocycles. The molecule has 0 unspecified atom stereocenters. The van der Waals surface area contributed by atoms with E-state index < -0.39 is 24.0 Å². The molecular weight excluding hydrogens is 438 g/mol. The molecule has 0 aliphatic heterocycles. The minimum absolute atomic E-state index is 0.0975. The van der Waals surface area contributed by atoms with Crippen molar-refractivity contribution in [3.63, 3.8) is 0 Å². The molecule has 3 aromatic rings. The van der Waals surface area contributed by atoms with E-state index in [1.54, 1.807) is 0 Å². The standard InChI is InChI=1S/C25H17F4NO3/c26-23-12-11-17(33-25(27,28)29)14-16(23)6-5-13-30-24(31)32-15-22-20-9-3-1-7-18(20)19-8-2-4-10-21(19)22/h1-4,7-12,14,22H,13,15H2,(H,30,31). The Morgan fingerprint density at radius 1 is 0.970 bits per heavy atom. The topological polar surface area (TPSA) is 47.6 Å². The summed E-state index contributed by atoms with van der Waals surface area (Å²) >= 11 is 0. The van der Waals surface area contributed by atoms with Gasteiger partial charge in [-0.2, -0.15) is 0 Å². The lowest BCUT2D eigenvalue weighted by Crippen LogP contribution is -2.26. The lowest BCUT2D eigenvalue weighted by atomic mass is 9.98. The number of carbonyl (C=O) groups is 1. The lowest BCUT2D eigenvalue weighted by Gasteiger charge is -2.14. The third-order valence-corrected chi connectivity index (χ3v) is 5.06. The fourth-order valence-corrected chi connectivity index (χ4v) is 3.70. The maximum atomic E-state index is 13.8. The van der Waals surface area contributed by atoms with Crippen LogP contribution in [0.3, 0.4) is 0 Å². The fraction of sp³-hybridized carbons (Fsp3) is 0.160. The van der Waals surface area contributed by atoms with E-state index in [0.717, 1.165) is 40.5 Å². The first-order valence-corrected chi connectivity index (χ1v) is 9.95. The number of ether oxygens (including phenoxy) is 2. The van der Waals surface area contributed by atoms with Crippen LogP contribution in [0.5, 0.6) is 5.75 Å². The number of rotatable bonds is 4. The Morgan fingerprint density at radius 2 is 1.61 bits per heavy atom. The predicted molar refractivity (Wildman–Crippen MR) is 113 cm³/mol. The number of alkyl carbamates (subject to hydrolysis) is 1. The van der Waals surface area contributed by atoms with Crippen molar-refractivity contribution in [3.8, 4) is 28.7 Å². The molecule has 168 valence electrons. The number of nitrogens with one attached hydrogen (secondary N) is 1. The Balaban J connectivity index is 1.34. The van der Waals surface area contributed by atoms with Crippen LogP contribution in [-0.4, -0.2) is 25.6 Å². The molecule has 8 heteroatoms. The molecule has 33 heavy (non-hydrogen) atoms. The monoisotopic (exact) mass is 455 g/mol. The van der Waals surface area contributed by atoms with Gasteiger partial charge in [-0.05, 0) is 40.5 Å². The van der Waals surface area contributed by atoms with E-state index in [2.05, 4.69) is 21.9 Å². The van der Waals surface area contributed by atoms with Crippen LogP contribution in [0.15, 0.2) is 66.7 Å². The van der Waals surface area contributed by atoms with Crippen LogP contribution in [0, 0.1) is 17.7 Å². The van der Waals surface area contributed by atoms with Gasteiger partial charge in [0.1, 0.15) is 18.2 Å². The maximum absolute atomic E-state index is 13.8. The lowest BCUT2D eigenvalue weighted by molar-refractivity contribution is -0.274. The van der Waals surface area contributed by atoms with Gasteiger partial charge in [0.25, 0.3) is 0 Å². The normalized spacial score (nSPS) is 12.2. The Hall–Kier alpha value is -3.99. The first-order valence-electron chi connectivity index (χ1n) is 9.95. The second-order valence-electron chi connectivity index (χ2n) is 7.17. The summed E-state index contributed by atoms with van der Waals surface area (Å²) in [6, 6.07) is 18.3. The predicted octanol–water partition coefficient (Wildman–Crippen LogP) is 5.61. The van der Waals surface area contributed by atoms with Crippen molar-refractivity contribution in [1.82, 2.24) is 5.32 Å². The molecule has 4 rings (SSSR count). The third kappa shape index (κ3) is 5.26. The summed E-state index contributed by atoms with van der Waals surface area (Å²) in [6.45, 7) is -0.0563. The zero-order valence-corrected chi connectivity index (χ0v) is 17.1. The Labute approximate surface area is 187 Å². The van der Waals surface area contributed by atoms with E-state index >= 15 is 0 Å². The van der Waals surface area contributed by atoms with Crippen LogP contribution in [-0.2, 0) is 4.74 Å². The SMILES string of the molecule is O=C(NCC#Cc1cc(OC(F)(F)F)ccc1F)OCC1c2ccccc2-c2ccccc21. The molecule has 0 atom stereocenters. The number of benzene rings is 3. The first-order chi connectivity index (χ1) is 15.8. The van der Waals surface area contributed by atoms with Crippen LogP contribution in [0.2, 0.25) is 0 Å². The molecule has 3 aromatic carbocycles. The molecule has 0 heterocycles. The summed E-state index contributed by atoms with van der Waals surface area (Å²) in [6.07, 6.45) is -5.60. The minimum atomic E-state index is -4.89. The highest BCUT2D eigenvalue weighted by molar-refractivity contribution is 5.79. The number of halogens is 4. The van der Waals surface area contributed by atoms with Gasteiger partial charge in [-0.15, -0.1) is 13.2 Å². The van der Waals surface area contributed by atoms with E-state index in [0.29, 0.717) is 0 Å². The van der Waals surface area contributed by atoms with E-state index in [-0.39, 0.29) is 24.6 Å². The highest BCUT2D eigenvalue weighted by Crippen LogP contribution is 2.44. The van der Waals surface area contributed by atoms with E-state index in [1.165, 1.54) is 0 Å². The zero-order valence-electron chi connectivity index (χ0n) is 17.1. The number of hydrogen-bond acceptors (Lipinski definition) is 3.